The molecule has 1 aliphatic rings. The smallest absolute Gasteiger partial charge is 0.221 e. The molecule has 0 radical (unpaired) electrons. The summed E-state index contributed by atoms with van der Waals surface area (Å²) in [7, 11) is -1.16. The lowest BCUT2D eigenvalue weighted by atomic mass is 9.81. The molecular weight excluding hydrogens is 305 g/mol. The van der Waals surface area contributed by atoms with Crippen molar-refractivity contribution >= 4 is 19.0 Å². The minimum Gasteiger partial charge on any atom is -0.347 e. The number of carbonyl (C=O) groups is 2. The second kappa shape index (κ2) is 7.64. The van der Waals surface area contributed by atoms with Gasteiger partial charge in [-0.05, 0) is 26.2 Å². The van der Waals surface area contributed by atoms with Crippen molar-refractivity contribution in [1.82, 2.24) is 5.32 Å². The van der Waals surface area contributed by atoms with Crippen LogP contribution in [0.4, 0.5) is 0 Å². The van der Waals surface area contributed by atoms with Gasteiger partial charge in [0.25, 0.3) is 0 Å². The monoisotopic (exact) mass is 342 g/mol. The first-order chi connectivity index (χ1) is 10.6. The SMILES string of the molecule is CCC(=O)C(C(C)(C)NC(=O)CC(C)(CC)CC)[P+]1(CC)CC1. The van der Waals surface area contributed by atoms with E-state index in [9.17, 15) is 9.59 Å². The molecular formula is C19H37NO2P+. The zero-order valence-corrected chi connectivity index (χ0v) is 17.2. The van der Waals surface area contributed by atoms with Crippen molar-refractivity contribution in [2.45, 2.75) is 85.3 Å². The van der Waals surface area contributed by atoms with Gasteiger partial charge in [0.1, 0.15) is 5.66 Å². The molecule has 0 bridgehead atoms. The summed E-state index contributed by atoms with van der Waals surface area (Å²) in [6.45, 7) is 14.8. The van der Waals surface area contributed by atoms with Crippen LogP contribution in [0.5, 0.6) is 0 Å². The van der Waals surface area contributed by atoms with Gasteiger partial charge >= 0.3 is 0 Å². The first-order valence-electron chi connectivity index (χ1n) is 9.29. The largest absolute Gasteiger partial charge is 0.347 e. The van der Waals surface area contributed by atoms with Gasteiger partial charge in [-0.15, -0.1) is 0 Å². The highest BCUT2D eigenvalue weighted by atomic mass is 31.2. The molecule has 1 rings (SSSR count). The van der Waals surface area contributed by atoms with Gasteiger partial charge in [0.15, 0.2) is 5.78 Å². The fourth-order valence-electron chi connectivity index (χ4n) is 3.83. The highest BCUT2D eigenvalue weighted by molar-refractivity contribution is 7.84. The fourth-order valence-corrected chi connectivity index (χ4v) is 8.60. The van der Waals surface area contributed by atoms with Crippen molar-refractivity contribution in [2.75, 3.05) is 18.5 Å². The molecule has 0 saturated carbocycles. The molecule has 1 heterocycles. The van der Waals surface area contributed by atoms with E-state index in [1.807, 2.05) is 6.92 Å². The van der Waals surface area contributed by atoms with E-state index in [2.05, 4.69) is 46.9 Å². The van der Waals surface area contributed by atoms with Crippen LogP contribution in [0.3, 0.4) is 0 Å². The fraction of sp³-hybridized carbons (Fsp3) is 0.895. The molecule has 1 saturated heterocycles. The van der Waals surface area contributed by atoms with Crippen molar-refractivity contribution in [3.05, 3.63) is 0 Å². The first-order valence-corrected chi connectivity index (χ1v) is 11.7. The number of hydrogen-bond donors (Lipinski definition) is 1. The van der Waals surface area contributed by atoms with Gasteiger partial charge in [-0.1, -0.05) is 40.5 Å². The second-order valence-corrected chi connectivity index (χ2v) is 12.6. The molecule has 0 aliphatic carbocycles. The van der Waals surface area contributed by atoms with E-state index in [0.29, 0.717) is 18.6 Å². The standard InChI is InChI=1S/C19H36NO2P/c1-8-15(21)17(23(11-4)12-13-23)18(5,6)20-16(22)14-19(7,9-2)10-3/h17H,8-14H2,1-7H3/p+1. The minimum absolute atomic E-state index is 0.0449. The lowest BCUT2D eigenvalue weighted by Gasteiger charge is -2.36. The Hall–Kier alpha value is -0.430. The third-order valence-corrected chi connectivity index (χ3v) is 11.0. The Balaban J connectivity index is 2.90. The molecule has 1 amide bonds. The number of nitrogens with one attached hydrogen (secondary N) is 1. The third kappa shape index (κ3) is 4.78. The van der Waals surface area contributed by atoms with Gasteiger partial charge in [-0.2, -0.15) is 0 Å². The van der Waals surface area contributed by atoms with Crippen molar-refractivity contribution in [3.8, 4) is 0 Å². The van der Waals surface area contributed by atoms with Crippen LogP contribution in [-0.4, -0.2) is 41.4 Å². The number of hydrogen-bond acceptors (Lipinski definition) is 2. The van der Waals surface area contributed by atoms with E-state index < -0.39 is 12.8 Å². The Morgan fingerprint density at radius 1 is 1.04 bits per heavy atom. The number of carbonyl (C=O) groups excluding carboxylic acids is 2. The van der Waals surface area contributed by atoms with E-state index in [1.165, 1.54) is 12.3 Å². The van der Waals surface area contributed by atoms with E-state index in [0.717, 1.165) is 19.0 Å². The van der Waals surface area contributed by atoms with Gasteiger partial charge in [0, 0.05) is 20.1 Å². The van der Waals surface area contributed by atoms with Gasteiger partial charge in [-0.25, -0.2) is 0 Å². The van der Waals surface area contributed by atoms with Gasteiger partial charge in [0.2, 0.25) is 5.91 Å². The van der Waals surface area contributed by atoms with Crippen molar-refractivity contribution in [3.63, 3.8) is 0 Å². The Bertz CT molecular complexity index is 437. The van der Waals surface area contributed by atoms with E-state index in [-0.39, 0.29) is 17.0 Å². The third-order valence-electron chi connectivity index (χ3n) is 6.07. The Morgan fingerprint density at radius 2 is 1.57 bits per heavy atom. The number of ketones is 1. The maximum absolute atomic E-state index is 12.7. The average Bonchev–Trinajstić information content (AvgIpc) is 3.26. The normalized spacial score (nSPS) is 18.4. The van der Waals surface area contributed by atoms with Crippen LogP contribution >= 0.6 is 7.26 Å². The molecule has 4 heteroatoms. The zero-order valence-electron chi connectivity index (χ0n) is 16.3. The molecule has 1 fully saturated rings. The Labute approximate surface area is 143 Å². The zero-order chi connectivity index (χ0) is 17.9. The molecule has 1 unspecified atom stereocenters. The molecule has 134 valence electrons. The number of rotatable bonds is 10. The summed E-state index contributed by atoms with van der Waals surface area (Å²) in [5, 5.41) is 3.24. The lowest BCUT2D eigenvalue weighted by Crippen LogP contribution is -2.55. The Morgan fingerprint density at radius 3 is 1.91 bits per heavy atom. The highest BCUT2D eigenvalue weighted by Crippen LogP contribution is 2.77. The van der Waals surface area contributed by atoms with Crippen molar-refractivity contribution in [1.29, 1.82) is 0 Å². The van der Waals surface area contributed by atoms with Crippen molar-refractivity contribution in [2.24, 2.45) is 5.41 Å². The molecule has 1 aliphatic heterocycles. The van der Waals surface area contributed by atoms with Crippen molar-refractivity contribution < 1.29 is 9.59 Å². The highest BCUT2D eigenvalue weighted by Gasteiger charge is 2.63. The lowest BCUT2D eigenvalue weighted by molar-refractivity contribution is -0.125. The summed E-state index contributed by atoms with van der Waals surface area (Å²) in [6.07, 6.45) is 6.70. The summed E-state index contributed by atoms with van der Waals surface area (Å²) in [6, 6.07) is 0. The van der Waals surface area contributed by atoms with Crippen LogP contribution in [0, 0.1) is 5.41 Å². The van der Waals surface area contributed by atoms with Gasteiger partial charge in [-0.3, -0.25) is 9.59 Å². The topological polar surface area (TPSA) is 46.2 Å². The number of amides is 1. The molecule has 23 heavy (non-hydrogen) atoms. The predicted molar refractivity (Wildman–Crippen MR) is 102 cm³/mol. The molecule has 3 nitrogen and oxygen atoms in total. The summed E-state index contributed by atoms with van der Waals surface area (Å²) < 4.78 is 0. The maximum atomic E-state index is 12.7. The quantitative estimate of drug-likeness (QED) is 0.594. The van der Waals surface area contributed by atoms with Crippen LogP contribution < -0.4 is 5.32 Å². The van der Waals surface area contributed by atoms with E-state index in [1.54, 1.807) is 0 Å². The van der Waals surface area contributed by atoms with E-state index >= 15 is 0 Å². The Kier molecular flexibility index (Phi) is 6.84. The molecule has 0 spiro atoms. The van der Waals surface area contributed by atoms with Gasteiger partial charge in [0.05, 0.1) is 24.0 Å². The average molecular weight is 342 g/mol. The van der Waals surface area contributed by atoms with Crippen LogP contribution in [0.15, 0.2) is 0 Å². The molecule has 1 N–H and O–H groups in total. The van der Waals surface area contributed by atoms with E-state index in [4.69, 9.17) is 0 Å². The first kappa shape index (κ1) is 20.6. The van der Waals surface area contributed by atoms with Crippen LogP contribution in [0.2, 0.25) is 0 Å². The summed E-state index contributed by atoms with van der Waals surface area (Å²) >= 11 is 0. The summed E-state index contributed by atoms with van der Waals surface area (Å²) in [4.78, 5) is 25.3. The minimum atomic E-state index is -1.16. The molecule has 0 aromatic heterocycles. The van der Waals surface area contributed by atoms with Crippen LogP contribution in [0.25, 0.3) is 0 Å². The maximum Gasteiger partial charge on any atom is 0.221 e. The molecule has 0 aromatic rings. The van der Waals surface area contributed by atoms with Crippen LogP contribution in [0.1, 0.15) is 74.1 Å². The molecule has 0 aromatic carbocycles. The summed E-state index contributed by atoms with van der Waals surface area (Å²) in [5.41, 5.74) is -0.322. The second-order valence-electron chi connectivity index (χ2n) is 8.17. The summed E-state index contributed by atoms with van der Waals surface area (Å²) in [5.74, 6) is 0.447. The number of Topliss-reactive ketones (excluding diaryl/α,β-unsaturated/α-hetero) is 1. The van der Waals surface area contributed by atoms with Crippen LogP contribution in [-0.2, 0) is 9.59 Å². The predicted octanol–water partition coefficient (Wildman–Crippen LogP) is 4.50. The van der Waals surface area contributed by atoms with Gasteiger partial charge < -0.3 is 5.32 Å². The molecule has 1 atom stereocenters.